The largest absolute Gasteiger partial charge is 0.465 e. The standard InChI is InChI=1S/C16H13ClF2N6O2/c1-7(21-16(26)27)14-12(19)3-8(6-20-14)10-4-9(17)5-11(18)13(10)15-22-24-25(2)23-15/h3-7,21H,1-2H3,(H,26,27)/t7-/m1/s1. The molecule has 0 saturated carbocycles. The van der Waals surface area contributed by atoms with E-state index in [9.17, 15) is 13.6 Å². The summed E-state index contributed by atoms with van der Waals surface area (Å²) in [5.41, 5.74) is 0.355. The van der Waals surface area contributed by atoms with E-state index < -0.39 is 23.8 Å². The lowest BCUT2D eigenvalue weighted by Gasteiger charge is -2.14. The number of aryl methyl sites for hydroxylation is 1. The number of halogens is 3. The van der Waals surface area contributed by atoms with Crippen molar-refractivity contribution in [3.63, 3.8) is 0 Å². The number of carbonyl (C=O) groups is 1. The van der Waals surface area contributed by atoms with Gasteiger partial charge < -0.3 is 10.4 Å². The van der Waals surface area contributed by atoms with Crippen LogP contribution in [0, 0.1) is 11.6 Å². The third kappa shape index (κ3) is 3.85. The molecule has 3 rings (SSSR count). The van der Waals surface area contributed by atoms with Crippen LogP contribution in [0.1, 0.15) is 18.7 Å². The molecule has 1 aromatic carbocycles. The highest BCUT2D eigenvalue weighted by atomic mass is 35.5. The van der Waals surface area contributed by atoms with Gasteiger partial charge in [0.05, 0.1) is 24.3 Å². The Labute approximate surface area is 156 Å². The van der Waals surface area contributed by atoms with Crippen molar-refractivity contribution >= 4 is 17.7 Å². The van der Waals surface area contributed by atoms with E-state index >= 15 is 0 Å². The number of hydrogen-bond donors (Lipinski definition) is 2. The Morgan fingerprint density at radius 3 is 2.63 bits per heavy atom. The van der Waals surface area contributed by atoms with Crippen molar-refractivity contribution in [3.05, 3.63) is 46.7 Å². The van der Waals surface area contributed by atoms with Crippen molar-refractivity contribution in [3.8, 4) is 22.5 Å². The number of benzene rings is 1. The highest BCUT2D eigenvalue weighted by Crippen LogP contribution is 2.35. The molecule has 1 amide bonds. The molecule has 0 aliphatic carbocycles. The van der Waals surface area contributed by atoms with Crippen molar-refractivity contribution < 1.29 is 18.7 Å². The summed E-state index contributed by atoms with van der Waals surface area (Å²) in [6.07, 6.45) is -0.00985. The van der Waals surface area contributed by atoms with E-state index in [1.807, 2.05) is 0 Å². The van der Waals surface area contributed by atoms with Crippen molar-refractivity contribution in [2.24, 2.45) is 7.05 Å². The van der Waals surface area contributed by atoms with E-state index in [2.05, 4.69) is 25.7 Å². The molecule has 0 spiro atoms. The van der Waals surface area contributed by atoms with Gasteiger partial charge in [0.2, 0.25) is 5.82 Å². The van der Waals surface area contributed by atoms with Crippen LogP contribution in [-0.2, 0) is 7.05 Å². The molecule has 8 nitrogen and oxygen atoms in total. The smallest absolute Gasteiger partial charge is 0.405 e. The van der Waals surface area contributed by atoms with Crippen molar-refractivity contribution in [2.45, 2.75) is 13.0 Å². The monoisotopic (exact) mass is 394 g/mol. The summed E-state index contributed by atoms with van der Waals surface area (Å²) in [7, 11) is 1.52. The molecule has 2 N–H and O–H groups in total. The fraction of sp³-hybridized carbons (Fsp3) is 0.188. The average molecular weight is 395 g/mol. The predicted octanol–water partition coefficient (Wildman–Crippen LogP) is 3.20. The number of nitrogens with one attached hydrogen (secondary N) is 1. The minimum atomic E-state index is -1.30. The summed E-state index contributed by atoms with van der Waals surface area (Å²) < 4.78 is 29.1. The summed E-state index contributed by atoms with van der Waals surface area (Å²) in [4.78, 5) is 15.9. The zero-order chi connectivity index (χ0) is 19.7. The molecule has 0 radical (unpaired) electrons. The van der Waals surface area contributed by atoms with E-state index in [-0.39, 0.29) is 33.2 Å². The fourth-order valence-corrected chi connectivity index (χ4v) is 2.79. The van der Waals surface area contributed by atoms with Gasteiger partial charge in [0.15, 0.2) is 0 Å². The third-order valence-corrected chi connectivity index (χ3v) is 3.94. The zero-order valence-electron chi connectivity index (χ0n) is 14.1. The van der Waals surface area contributed by atoms with Crippen LogP contribution in [0.25, 0.3) is 22.5 Å². The van der Waals surface area contributed by atoms with E-state index in [4.69, 9.17) is 16.7 Å². The third-order valence-electron chi connectivity index (χ3n) is 3.72. The zero-order valence-corrected chi connectivity index (χ0v) is 14.9. The summed E-state index contributed by atoms with van der Waals surface area (Å²) >= 11 is 5.95. The van der Waals surface area contributed by atoms with Gasteiger partial charge in [0, 0.05) is 16.8 Å². The number of amides is 1. The van der Waals surface area contributed by atoms with Gasteiger partial charge in [-0.25, -0.2) is 13.6 Å². The van der Waals surface area contributed by atoms with Crippen LogP contribution in [-0.4, -0.2) is 36.4 Å². The van der Waals surface area contributed by atoms with Gasteiger partial charge in [0.1, 0.15) is 11.6 Å². The quantitative estimate of drug-likeness (QED) is 0.704. The Kier molecular flexibility index (Phi) is 5.00. The number of tetrazole rings is 1. The summed E-state index contributed by atoms with van der Waals surface area (Å²) in [6.45, 7) is 1.45. The summed E-state index contributed by atoms with van der Waals surface area (Å²) in [6, 6.07) is 2.78. The van der Waals surface area contributed by atoms with Gasteiger partial charge in [-0.05, 0) is 35.9 Å². The van der Waals surface area contributed by atoms with E-state index in [1.54, 1.807) is 0 Å². The lowest BCUT2D eigenvalue weighted by Crippen LogP contribution is -2.26. The van der Waals surface area contributed by atoms with Crippen molar-refractivity contribution in [2.75, 3.05) is 0 Å². The molecule has 0 aliphatic heterocycles. The SMILES string of the molecule is C[C@@H](NC(=O)O)c1ncc(-c2cc(Cl)cc(F)c2-c2nnn(C)n2)cc1F. The number of carboxylic acid groups (broad SMARTS) is 1. The van der Waals surface area contributed by atoms with E-state index in [1.165, 1.54) is 26.2 Å². The van der Waals surface area contributed by atoms with Gasteiger partial charge >= 0.3 is 6.09 Å². The van der Waals surface area contributed by atoms with Crippen LogP contribution < -0.4 is 5.32 Å². The number of nitrogens with zero attached hydrogens (tertiary/aromatic N) is 5. The molecule has 2 aromatic heterocycles. The van der Waals surface area contributed by atoms with E-state index in [0.29, 0.717) is 0 Å². The summed E-state index contributed by atoms with van der Waals surface area (Å²) in [5, 5.41) is 22.4. The fourth-order valence-electron chi connectivity index (χ4n) is 2.58. The first-order chi connectivity index (χ1) is 12.8. The second-order valence-electron chi connectivity index (χ2n) is 5.67. The van der Waals surface area contributed by atoms with Gasteiger partial charge in [-0.3, -0.25) is 4.98 Å². The van der Waals surface area contributed by atoms with Gasteiger partial charge in [0.25, 0.3) is 0 Å². The van der Waals surface area contributed by atoms with Crippen LogP contribution in [0.4, 0.5) is 13.6 Å². The molecule has 0 bridgehead atoms. The van der Waals surface area contributed by atoms with Crippen LogP contribution in [0.3, 0.4) is 0 Å². The normalized spacial score (nSPS) is 12.0. The minimum Gasteiger partial charge on any atom is -0.465 e. The molecule has 2 heterocycles. The van der Waals surface area contributed by atoms with Crippen LogP contribution in [0.2, 0.25) is 5.02 Å². The molecule has 0 aliphatic rings. The first kappa shape index (κ1) is 18.6. The molecule has 27 heavy (non-hydrogen) atoms. The van der Waals surface area contributed by atoms with Crippen molar-refractivity contribution in [1.82, 2.24) is 30.5 Å². The first-order valence-electron chi connectivity index (χ1n) is 7.65. The Bertz CT molecular complexity index is 1030. The topological polar surface area (TPSA) is 106 Å². The summed E-state index contributed by atoms with van der Waals surface area (Å²) in [5.74, 6) is -1.45. The maximum absolute atomic E-state index is 14.6. The van der Waals surface area contributed by atoms with Crippen LogP contribution in [0.15, 0.2) is 24.4 Å². The number of pyridine rings is 1. The minimum absolute atomic E-state index is 0.00170. The lowest BCUT2D eigenvalue weighted by molar-refractivity contribution is 0.190. The highest BCUT2D eigenvalue weighted by Gasteiger charge is 2.21. The predicted molar refractivity (Wildman–Crippen MR) is 92.0 cm³/mol. The second kappa shape index (κ2) is 7.23. The molecule has 11 heteroatoms. The van der Waals surface area contributed by atoms with Gasteiger partial charge in [-0.2, -0.15) is 4.80 Å². The Balaban J connectivity index is 2.11. The maximum atomic E-state index is 14.6. The molecular weight excluding hydrogens is 382 g/mol. The van der Waals surface area contributed by atoms with Gasteiger partial charge in [-0.1, -0.05) is 11.6 Å². The van der Waals surface area contributed by atoms with Crippen LogP contribution >= 0.6 is 11.6 Å². The number of hydrogen-bond acceptors (Lipinski definition) is 5. The molecule has 140 valence electrons. The Hall–Kier alpha value is -3.14. The molecule has 0 fully saturated rings. The van der Waals surface area contributed by atoms with Crippen molar-refractivity contribution in [1.29, 1.82) is 0 Å². The lowest BCUT2D eigenvalue weighted by atomic mass is 9.99. The first-order valence-corrected chi connectivity index (χ1v) is 8.02. The van der Waals surface area contributed by atoms with E-state index in [0.717, 1.165) is 16.9 Å². The molecule has 3 aromatic rings. The average Bonchev–Trinajstić information content (AvgIpc) is 2.99. The highest BCUT2D eigenvalue weighted by molar-refractivity contribution is 6.31. The molecular formula is C16H13ClF2N6O2. The number of rotatable bonds is 4. The maximum Gasteiger partial charge on any atom is 0.405 e. The molecule has 1 atom stereocenters. The Morgan fingerprint density at radius 2 is 2.04 bits per heavy atom. The Morgan fingerprint density at radius 1 is 1.30 bits per heavy atom. The van der Waals surface area contributed by atoms with Crippen LogP contribution in [0.5, 0.6) is 0 Å². The second-order valence-corrected chi connectivity index (χ2v) is 6.11. The number of aromatic nitrogens is 5. The van der Waals surface area contributed by atoms with Gasteiger partial charge in [-0.15, -0.1) is 10.2 Å². The molecule has 0 saturated heterocycles. The molecule has 0 unspecified atom stereocenters.